The van der Waals surface area contributed by atoms with Crippen molar-refractivity contribution in [2.75, 3.05) is 16.0 Å². The highest BCUT2D eigenvalue weighted by atomic mass is 19.1. The maximum Gasteiger partial charge on any atom is 0.258 e. The Morgan fingerprint density at radius 2 is 1.41 bits per heavy atom. The van der Waals surface area contributed by atoms with Crippen molar-refractivity contribution in [1.29, 1.82) is 0 Å². The molecule has 0 atom stereocenters. The van der Waals surface area contributed by atoms with Gasteiger partial charge in [-0.3, -0.25) is 4.79 Å². The first-order valence-electron chi connectivity index (χ1n) is 10.1. The van der Waals surface area contributed by atoms with Crippen LogP contribution in [0.3, 0.4) is 0 Å². The van der Waals surface area contributed by atoms with Gasteiger partial charge in [0.05, 0.1) is 5.56 Å². The van der Waals surface area contributed by atoms with Gasteiger partial charge >= 0.3 is 0 Å². The number of anilines is 5. The summed E-state index contributed by atoms with van der Waals surface area (Å²) in [7, 11) is 0. The second-order valence-corrected chi connectivity index (χ2v) is 7.35. The Morgan fingerprint density at radius 1 is 0.781 bits per heavy atom. The predicted molar refractivity (Wildman–Crippen MR) is 125 cm³/mol. The first kappa shape index (κ1) is 21.0. The summed E-state index contributed by atoms with van der Waals surface area (Å²) >= 11 is 0. The summed E-state index contributed by atoms with van der Waals surface area (Å²) in [6.45, 7) is 3.93. The van der Waals surface area contributed by atoms with Gasteiger partial charge in [0.1, 0.15) is 11.6 Å². The van der Waals surface area contributed by atoms with Crippen molar-refractivity contribution in [3.05, 3.63) is 102 Å². The maximum atomic E-state index is 13.8. The van der Waals surface area contributed by atoms with Gasteiger partial charge in [-0.2, -0.15) is 4.98 Å². The summed E-state index contributed by atoms with van der Waals surface area (Å²) in [4.78, 5) is 21.2. The number of halogens is 1. The van der Waals surface area contributed by atoms with E-state index in [1.54, 1.807) is 24.3 Å². The van der Waals surface area contributed by atoms with Gasteiger partial charge in [0.25, 0.3) is 5.91 Å². The van der Waals surface area contributed by atoms with Gasteiger partial charge in [-0.1, -0.05) is 29.8 Å². The van der Waals surface area contributed by atoms with Crippen LogP contribution in [0.5, 0.6) is 0 Å². The third-order valence-electron chi connectivity index (χ3n) is 4.70. The largest absolute Gasteiger partial charge is 0.340 e. The lowest BCUT2D eigenvalue weighted by atomic mass is 10.2. The lowest BCUT2D eigenvalue weighted by molar-refractivity contribution is 0.102. The Kier molecular flexibility index (Phi) is 6.07. The number of aromatic nitrogens is 2. The molecule has 0 saturated carbocycles. The third kappa shape index (κ3) is 5.26. The van der Waals surface area contributed by atoms with E-state index in [0.29, 0.717) is 17.5 Å². The van der Waals surface area contributed by atoms with Crippen molar-refractivity contribution in [1.82, 2.24) is 9.97 Å². The van der Waals surface area contributed by atoms with Gasteiger partial charge < -0.3 is 16.0 Å². The molecule has 0 bridgehead atoms. The molecule has 0 spiro atoms. The molecule has 4 aromatic rings. The quantitative estimate of drug-likeness (QED) is 0.353. The molecule has 0 aliphatic rings. The van der Waals surface area contributed by atoms with Gasteiger partial charge in [-0.05, 0) is 62.4 Å². The van der Waals surface area contributed by atoms with Crippen LogP contribution in [0.4, 0.5) is 33.2 Å². The molecule has 0 aliphatic carbocycles. The number of benzene rings is 3. The minimum atomic E-state index is -0.558. The molecule has 0 fully saturated rings. The minimum absolute atomic E-state index is 0.000214. The number of amides is 1. The first-order valence-corrected chi connectivity index (χ1v) is 10.1. The highest BCUT2D eigenvalue weighted by Crippen LogP contribution is 2.21. The zero-order valence-corrected chi connectivity index (χ0v) is 17.7. The van der Waals surface area contributed by atoms with E-state index < -0.39 is 11.7 Å². The Balaban J connectivity index is 1.44. The second-order valence-electron chi connectivity index (χ2n) is 7.35. The van der Waals surface area contributed by atoms with Crippen LogP contribution in [0.25, 0.3) is 0 Å². The van der Waals surface area contributed by atoms with E-state index in [2.05, 4.69) is 25.9 Å². The minimum Gasteiger partial charge on any atom is -0.340 e. The van der Waals surface area contributed by atoms with Gasteiger partial charge in [-0.25, -0.2) is 9.37 Å². The fourth-order valence-electron chi connectivity index (χ4n) is 3.08. The average Bonchev–Trinajstić information content (AvgIpc) is 2.76. The van der Waals surface area contributed by atoms with Crippen molar-refractivity contribution in [2.45, 2.75) is 13.8 Å². The van der Waals surface area contributed by atoms with Gasteiger partial charge in [0.2, 0.25) is 5.95 Å². The van der Waals surface area contributed by atoms with Crippen LogP contribution < -0.4 is 16.0 Å². The molecule has 0 unspecified atom stereocenters. The number of hydrogen-bond acceptors (Lipinski definition) is 5. The van der Waals surface area contributed by atoms with Crippen molar-refractivity contribution >= 4 is 34.7 Å². The van der Waals surface area contributed by atoms with Gasteiger partial charge in [-0.15, -0.1) is 0 Å². The molecule has 0 aliphatic heterocycles. The van der Waals surface area contributed by atoms with E-state index in [9.17, 15) is 9.18 Å². The second kappa shape index (κ2) is 9.26. The molecular weight excluding hydrogens is 405 g/mol. The fraction of sp³-hybridized carbons (Fsp3) is 0.0800. The molecule has 1 heterocycles. The number of carbonyl (C=O) groups is 1. The Morgan fingerprint density at radius 3 is 2.12 bits per heavy atom. The molecular formula is C25H22FN5O. The fourth-order valence-corrected chi connectivity index (χ4v) is 3.08. The van der Waals surface area contributed by atoms with Crippen LogP contribution in [0.15, 0.2) is 78.9 Å². The van der Waals surface area contributed by atoms with Gasteiger partial charge in [0.15, 0.2) is 0 Å². The van der Waals surface area contributed by atoms with Crippen molar-refractivity contribution in [3.8, 4) is 0 Å². The van der Waals surface area contributed by atoms with Crippen LogP contribution in [0.1, 0.15) is 21.6 Å². The molecule has 3 aromatic carbocycles. The van der Waals surface area contributed by atoms with Gasteiger partial charge in [0, 0.05) is 28.8 Å². The standard InChI is InChI=1S/C25H22FN5O/c1-16-7-9-20(10-8-16)30-25-27-17(2)15-23(31-25)28-18-11-13-19(14-12-18)29-24(32)21-5-3-4-6-22(21)26/h3-15H,1-2H3,(H,29,32)(H2,27,28,30,31). The van der Waals surface area contributed by atoms with E-state index in [1.807, 2.05) is 56.3 Å². The summed E-state index contributed by atoms with van der Waals surface area (Å²) in [6.07, 6.45) is 0. The predicted octanol–water partition coefficient (Wildman–Crippen LogP) is 5.97. The third-order valence-corrected chi connectivity index (χ3v) is 4.70. The monoisotopic (exact) mass is 427 g/mol. The van der Waals surface area contributed by atoms with E-state index in [0.717, 1.165) is 17.1 Å². The van der Waals surface area contributed by atoms with E-state index in [-0.39, 0.29) is 5.56 Å². The summed E-state index contributed by atoms with van der Waals surface area (Å²) in [5.41, 5.74) is 4.24. The zero-order chi connectivity index (χ0) is 22.5. The topological polar surface area (TPSA) is 78.9 Å². The maximum absolute atomic E-state index is 13.8. The number of rotatable bonds is 6. The van der Waals surface area contributed by atoms with Crippen LogP contribution in [0.2, 0.25) is 0 Å². The highest BCUT2D eigenvalue weighted by Gasteiger charge is 2.11. The highest BCUT2D eigenvalue weighted by molar-refractivity contribution is 6.04. The Hall–Kier alpha value is -4.26. The summed E-state index contributed by atoms with van der Waals surface area (Å²) in [5, 5.41) is 9.14. The number of aryl methyl sites for hydroxylation is 2. The van der Waals surface area contributed by atoms with Crippen molar-refractivity contribution in [2.24, 2.45) is 0 Å². The summed E-state index contributed by atoms with van der Waals surface area (Å²) in [6, 6.07) is 22.8. The van der Waals surface area contributed by atoms with Crippen LogP contribution in [0, 0.1) is 19.7 Å². The lowest BCUT2D eigenvalue weighted by Crippen LogP contribution is -2.13. The summed E-state index contributed by atoms with van der Waals surface area (Å²) < 4.78 is 13.8. The molecule has 0 radical (unpaired) electrons. The smallest absolute Gasteiger partial charge is 0.258 e. The normalized spacial score (nSPS) is 10.5. The molecule has 6 nitrogen and oxygen atoms in total. The molecule has 7 heteroatoms. The SMILES string of the molecule is Cc1ccc(Nc2nc(C)cc(Nc3ccc(NC(=O)c4ccccc4F)cc3)n2)cc1. The first-order chi connectivity index (χ1) is 15.5. The van der Waals surface area contributed by atoms with E-state index in [4.69, 9.17) is 0 Å². The number of nitrogens with zero attached hydrogens (tertiary/aromatic N) is 2. The van der Waals surface area contributed by atoms with Crippen LogP contribution >= 0.6 is 0 Å². The lowest BCUT2D eigenvalue weighted by Gasteiger charge is -2.11. The number of carbonyl (C=O) groups excluding carboxylic acids is 1. The number of nitrogens with one attached hydrogen (secondary N) is 3. The van der Waals surface area contributed by atoms with Crippen molar-refractivity contribution < 1.29 is 9.18 Å². The molecule has 160 valence electrons. The Labute approximate surface area is 185 Å². The molecule has 0 saturated heterocycles. The summed E-state index contributed by atoms with van der Waals surface area (Å²) in [5.74, 6) is 0.0694. The van der Waals surface area contributed by atoms with Crippen LogP contribution in [-0.4, -0.2) is 15.9 Å². The zero-order valence-electron chi connectivity index (χ0n) is 17.7. The molecule has 1 amide bonds. The van der Waals surface area contributed by atoms with Crippen LogP contribution in [-0.2, 0) is 0 Å². The average molecular weight is 427 g/mol. The molecule has 4 rings (SSSR count). The molecule has 32 heavy (non-hydrogen) atoms. The number of hydrogen-bond donors (Lipinski definition) is 3. The van der Waals surface area contributed by atoms with Crippen molar-refractivity contribution in [3.63, 3.8) is 0 Å². The van der Waals surface area contributed by atoms with E-state index in [1.165, 1.54) is 17.7 Å². The molecule has 3 N–H and O–H groups in total. The molecule has 1 aromatic heterocycles. The Bertz CT molecular complexity index is 1240. The van der Waals surface area contributed by atoms with E-state index >= 15 is 0 Å².